The third-order valence-corrected chi connectivity index (χ3v) is 4.93. The summed E-state index contributed by atoms with van der Waals surface area (Å²) in [5.41, 5.74) is 0.356. The number of Topliss-reactive ketones (excluding diaryl/α,β-unsaturated/α-hetero) is 1. The van der Waals surface area contributed by atoms with Gasteiger partial charge in [-0.3, -0.25) is 9.59 Å². The van der Waals surface area contributed by atoms with Gasteiger partial charge in [0.15, 0.2) is 5.78 Å². The van der Waals surface area contributed by atoms with Crippen LogP contribution in [-0.4, -0.2) is 33.3 Å². The molecule has 0 radical (unpaired) electrons. The lowest BCUT2D eigenvalue weighted by molar-refractivity contribution is -0.142. The molecule has 0 heterocycles. The van der Waals surface area contributed by atoms with Crippen molar-refractivity contribution < 1.29 is 31.5 Å². The van der Waals surface area contributed by atoms with Crippen LogP contribution in [0.4, 0.5) is 8.78 Å². The molecule has 2 aromatic rings. The fraction of sp³-hybridized carbons (Fsp3) is 0.222. The van der Waals surface area contributed by atoms with E-state index in [4.69, 9.17) is 4.74 Å². The Labute approximate surface area is 155 Å². The van der Waals surface area contributed by atoms with Gasteiger partial charge in [-0.1, -0.05) is 0 Å². The fourth-order valence-electron chi connectivity index (χ4n) is 2.10. The van der Waals surface area contributed by atoms with Crippen LogP contribution in [0.5, 0.6) is 0 Å². The number of carbonyl (C=O) groups is 2. The highest BCUT2D eigenvalue weighted by Gasteiger charge is 2.16. The van der Waals surface area contributed by atoms with Crippen molar-refractivity contribution in [2.75, 3.05) is 13.2 Å². The molecule has 0 aliphatic rings. The zero-order valence-corrected chi connectivity index (χ0v) is 15.0. The summed E-state index contributed by atoms with van der Waals surface area (Å²) < 4.78 is 56.4. The van der Waals surface area contributed by atoms with Crippen LogP contribution in [0.1, 0.15) is 23.2 Å². The van der Waals surface area contributed by atoms with Gasteiger partial charge in [0.05, 0.1) is 11.5 Å². The van der Waals surface area contributed by atoms with Crippen molar-refractivity contribution in [1.29, 1.82) is 0 Å². The van der Waals surface area contributed by atoms with Gasteiger partial charge < -0.3 is 4.74 Å². The van der Waals surface area contributed by atoms with Gasteiger partial charge in [-0.15, -0.1) is 0 Å². The Morgan fingerprint density at radius 3 is 2.07 bits per heavy atom. The highest BCUT2D eigenvalue weighted by atomic mass is 32.2. The number of ketones is 1. The number of esters is 1. The van der Waals surface area contributed by atoms with E-state index in [1.54, 1.807) is 0 Å². The predicted octanol–water partition coefficient (Wildman–Crippen LogP) is 2.45. The van der Waals surface area contributed by atoms with Gasteiger partial charge in [-0.25, -0.2) is 17.2 Å². The van der Waals surface area contributed by atoms with Crippen molar-refractivity contribution in [2.24, 2.45) is 0 Å². The van der Waals surface area contributed by atoms with Crippen LogP contribution in [0.25, 0.3) is 0 Å². The summed E-state index contributed by atoms with van der Waals surface area (Å²) in [4.78, 5) is 23.3. The second kappa shape index (κ2) is 9.33. The number of halogens is 2. The van der Waals surface area contributed by atoms with Crippen molar-refractivity contribution in [1.82, 2.24) is 4.72 Å². The molecule has 0 atom stereocenters. The summed E-state index contributed by atoms with van der Waals surface area (Å²) in [5.74, 6) is -2.05. The predicted molar refractivity (Wildman–Crippen MR) is 92.5 cm³/mol. The first kappa shape index (κ1) is 20.7. The Morgan fingerprint density at radius 2 is 1.48 bits per heavy atom. The average Bonchev–Trinajstić information content (AvgIpc) is 2.64. The molecule has 2 aromatic carbocycles. The van der Waals surface area contributed by atoms with E-state index >= 15 is 0 Å². The monoisotopic (exact) mass is 397 g/mol. The van der Waals surface area contributed by atoms with Crippen molar-refractivity contribution in [3.05, 3.63) is 65.7 Å². The molecule has 0 saturated carbocycles. The molecule has 6 nitrogen and oxygen atoms in total. The van der Waals surface area contributed by atoms with Crippen molar-refractivity contribution >= 4 is 21.8 Å². The summed E-state index contributed by atoms with van der Waals surface area (Å²) in [5, 5.41) is 0. The summed E-state index contributed by atoms with van der Waals surface area (Å²) in [6.45, 7) is -0.657. The van der Waals surface area contributed by atoms with Crippen LogP contribution < -0.4 is 4.72 Å². The first-order valence-corrected chi connectivity index (χ1v) is 9.46. The van der Waals surface area contributed by atoms with Crippen LogP contribution in [0.15, 0.2) is 53.4 Å². The normalized spacial score (nSPS) is 11.2. The maximum absolute atomic E-state index is 12.8. The minimum atomic E-state index is -3.96. The first-order valence-electron chi connectivity index (χ1n) is 7.97. The Bertz CT molecular complexity index is 896. The zero-order chi connectivity index (χ0) is 19.9. The van der Waals surface area contributed by atoms with E-state index in [-0.39, 0.29) is 30.1 Å². The molecule has 2 rings (SSSR count). The van der Waals surface area contributed by atoms with Gasteiger partial charge in [0.25, 0.3) is 0 Å². The van der Waals surface area contributed by atoms with E-state index in [0.29, 0.717) is 5.56 Å². The molecule has 144 valence electrons. The zero-order valence-electron chi connectivity index (χ0n) is 14.2. The van der Waals surface area contributed by atoms with Crippen molar-refractivity contribution in [2.45, 2.75) is 17.7 Å². The molecule has 9 heteroatoms. The van der Waals surface area contributed by atoms with E-state index in [1.165, 1.54) is 24.3 Å². The lowest BCUT2D eigenvalue weighted by Gasteiger charge is -2.07. The van der Waals surface area contributed by atoms with Gasteiger partial charge >= 0.3 is 5.97 Å². The number of sulfonamides is 1. The Kier molecular flexibility index (Phi) is 7.14. The number of carbonyl (C=O) groups excluding carboxylic acids is 2. The molecule has 27 heavy (non-hydrogen) atoms. The Morgan fingerprint density at radius 1 is 0.926 bits per heavy atom. The van der Waals surface area contributed by atoms with E-state index in [2.05, 4.69) is 0 Å². The number of hydrogen-bond donors (Lipinski definition) is 1. The highest BCUT2D eigenvalue weighted by molar-refractivity contribution is 7.89. The molecule has 0 fully saturated rings. The van der Waals surface area contributed by atoms with Gasteiger partial charge in [-0.05, 0) is 55.0 Å². The lowest BCUT2D eigenvalue weighted by Crippen LogP contribution is -2.30. The minimum absolute atomic E-state index is 0.0654. The van der Waals surface area contributed by atoms with E-state index in [0.717, 1.165) is 24.3 Å². The molecule has 0 saturated heterocycles. The molecule has 0 bridgehead atoms. The van der Waals surface area contributed by atoms with Crippen molar-refractivity contribution in [3.63, 3.8) is 0 Å². The second-order valence-electron chi connectivity index (χ2n) is 5.53. The van der Waals surface area contributed by atoms with Crippen LogP contribution in [0.3, 0.4) is 0 Å². The highest BCUT2D eigenvalue weighted by Crippen LogP contribution is 2.10. The number of ether oxygens (including phenoxy) is 1. The molecule has 0 aromatic heterocycles. The van der Waals surface area contributed by atoms with Crippen molar-refractivity contribution in [3.8, 4) is 0 Å². The summed E-state index contributed by atoms with van der Waals surface area (Å²) in [6, 6.07) is 9.23. The maximum Gasteiger partial charge on any atom is 0.321 e. The molecule has 0 amide bonds. The molecule has 1 N–H and O–H groups in total. The lowest BCUT2D eigenvalue weighted by atomic mass is 10.1. The van der Waals surface area contributed by atoms with Gasteiger partial charge in [-0.2, -0.15) is 4.72 Å². The smallest absolute Gasteiger partial charge is 0.321 e. The standard InChI is InChI=1S/C18H17F2NO5S/c19-14-5-3-13(4-6-14)17(22)2-1-11-26-18(23)12-21-27(24,25)16-9-7-15(20)8-10-16/h3-10,21H,1-2,11-12H2. The summed E-state index contributed by atoms with van der Waals surface area (Å²) in [7, 11) is -3.96. The van der Waals surface area contributed by atoms with Crippen LogP contribution in [-0.2, 0) is 19.6 Å². The van der Waals surface area contributed by atoms with Crippen LogP contribution >= 0.6 is 0 Å². The first-order chi connectivity index (χ1) is 12.8. The molecule has 0 spiro atoms. The third kappa shape index (κ3) is 6.54. The number of benzene rings is 2. The minimum Gasteiger partial charge on any atom is -0.465 e. The summed E-state index contributed by atoms with van der Waals surface area (Å²) >= 11 is 0. The molecular formula is C18H17F2NO5S. The average molecular weight is 397 g/mol. The Balaban J connectivity index is 1.71. The largest absolute Gasteiger partial charge is 0.465 e. The number of hydrogen-bond acceptors (Lipinski definition) is 5. The molecular weight excluding hydrogens is 380 g/mol. The molecule has 0 aliphatic carbocycles. The van der Waals surface area contributed by atoms with E-state index < -0.39 is 34.2 Å². The molecule has 0 aliphatic heterocycles. The second-order valence-corrected chi connectivity index (χ2v) is 7.30. The maximum atomic E-state index is 12.8. The number of nitrogens with one attached hydrogen (secondary N) is 1. The number of rotatable bonds is 9. The van der Waals surface area contributed by atoms with Crippen LogP contribution in [0, 0.1) is 11.6 Å². The van der Waals surface area contributed by atoms with Crippen LogP contribution in [0.2, 0.25) is 0 Å². The van der Waals surface area contributed by atoms with Gasteiger partial charge in [0.2, 0.25) is 10.0 Å². The van der Waals surface area contributed by atoms with E-state index in [9.17, 15) is 26.8 Å². The van der Waals surface area contributed by atoms with Gasteiger partial charge in [0.1, 0.15) is 18.2 Å². The fourth-order valence-corrected chi connectivity index (χ4v) is 3.07. The quantitative estimate of drug-likeness (QED) is 0.399. The Hall–Kier alpha value is -2.65. The topological polar surface area (TPSA) is 89.5 Å². The third-order valence-electron chi connectivity index (χ3n) is 3.51. The molecule has 0 unspecified atom stereocenters. The van der Waals surface area contributed by atoms with Gasteiger partial charge in [0, 0.05) is 12.0 Å². The van der Waals surface area contributed by atoms with E-state index in [1.807, 2.05) is 4.72 Å². The summed E-state index contributed by atoms with van der Waals surface area (Å²) in [6.07, 6.45) is 0.340. The SMILES string of the molecule is O=C(CNS(=O)(=O)c1ccc(F)cc1)OCCCC(=O)c1ccc(F)cc1.